The van der Waals surface area contributed by atoms with Gasteiger partial charge in [-0.25, -0.2) is 0 Å². The maximum Gasteiger partial charge on any atom is 0.161 e. The molecule has 0 amide bonds. The van der Waals surface area contributed by atoms with Crippen LogP contribution >= 0.6 is 0 Å². The number of hydrogen-bond donors (Lipinski definition) is 1. The Labute approximate surface area is 151 Å². The van der Waals surface area contributed by atoms with E-state index in [4.69, 9.17) is 9.47 Å². The van der Waals surface area contributed by atoms with Crippen LogP contribution in [0.2, 0.25) is 0 Å². The zero-order chi connectivity index (χ0) is 17.3. The highest BCUT2D eigenvalue weighted by Crippen LogP contribution is 2.29. The van der Waals surface area contributed by atoms with E-state index in [0.717, 1.165) is 23.6 Å². The summed E-state index contributed by atoms with van der Waals surface area (Å²) in [5.41, 5.74) is 2.41. The number of rotatable bonds is 8. The highest BCUT2D eigenvalue weighted by atomic mass is 16.5. The van der Waals surface area contributed by atoms with Gasteiger partial charge in [-0.3, -0.25) is 0 Å². The first kappa shape index (κ1) is 17.8. The van der Waals surface area contributed by atoms with Crippen molar-refractivity contribution in [3.63, 3.8) is 0 Å². The fourth-order valence-electron chi connectivity index (χ4n) is 3.35. The molecule has 1 saturated carbocycles. The summed E-state index contributed by atoms with van der Waals surface area (Å²) in [6, 6.07) is 17.2. The van der Waals surface area contributed by atoms with E-state index in [1.165, 1.54) is 37.7 Å². The van der Waals surface area contributed by atoms with Crippen LogP contribution in [-0.2, 0) is 13.2 Å². The third kappa shape index (κ3) is 5.50. The third-order valence-electron chi connectivity index (χ3n) is 4.75. The second-order valence-electron chi connectivity index (χ2n) is 6.70. The molecule has 1 aliphatic rings. The smallest absolute Gasteiger partial charge is 0.161 e. The Balaban J connectivity index is 1.60. The van der Waals surface area contributed by atoms with Gasteiger partial charge in [0.1, 0.15) is 6.61 Å². The third-order valence-corrected chi connectivity index (χ3v) is 4.75. The Morgan fingerprint density at radius 3 is 2.44 bits per heavy atom. The highest BCUT2D eigenvalue weighted by Gasteiger charge is 2.13. The minimum Gasteiger partial charge on any atom is -0.490 e. The maximum atomic E-state index is 5.98. The molecule has 2 aromatic rings. The lowest BCUT2D eigenvalue weighted by Gasteiger charge is -2.23. The van der Waals surface area contributed by atoms with Gasteiger partial charge < -0.3 is 14.8 Å². The molecule has 0 spiro atoms. The van der Waals surface area contributed by atoms with Crippen LogP contribution < -0.4 is 14.8 Å². The Morgan fingerprint density at radius 1 is 0.880 bits per heavy atom. The zero-order valence-corrected chi connectivity index (χ0v) is 15.2. The van der Waals surface area contributed by atoms with Crippen LogP contribution in [0.5, 0.6) is 11.5 Å². The number of ether oxygens (including phenoxy) is 2. The zero-order valence-electron chi connectivity index (χ0n) is 15.2. The summed E-state index contributed by atoms with van der Waals surface area (Å²) < 4.78 is 11.8. The van der Waals surface area contributed by atoms with E-state index >= 15 is 0 Å². The van der Waals surface area contributed by atoms with Crippen molar-refractivity contribution in [2.24, 2.45) is 0 Å². The molecule has 1 aliphatic carbocycles. The fourth-order valence-corrected chi connectivity index (χ4v) is 3.35. The summed E-state index contributed by atoms with van der Waals surface area (Å²) in [7, 11) is 0. The van der Waals surface area contributed by atoms with E-state index in [2.05, 4.69) is 29.6 Å². The largest absolute Gasteiger partial charge is 0.490 e. The normalized spacial score (nSPS) is 15.1. The Bertz CT molecular complexity index is 636. The van der Waals surface area contributed by atoms with E-state index in [-0.39, 0.29) is 0 Å². The number of hydrogen-bond acceptors (Lipinski definition) is 3. The molecule has 134 valence electrons. The van der Waals surface area contributed by atoms with Gasteiger partial charge in [0, 0.05) is 12.6 Å². The molecule has 0 heterocycles. The van der Waals surface area contributed by atoms with Crippen molar-refractivity contribution in [2.75, 3.05) is 6.61 Å². The van der Waals surface area contributed by atoms with Crippen molar-refractivity contribution in [3.05, 3.63) is 59.7 Å². The topological polar surface area (TPSA) is 30.5 Å². The van der Waals surface area contributed by atoms with Gasteiger partial charge in [0.15, 0.2) is 11.5 Å². The van der Waals surface area contributed by atoms with Crippen molar-refractivity contribution in [1.82, 2.24) is 5.32 Å². The summed E-state index contributed by atoms with van der Waals surface area (Å²) in [6.07, 6.45) is 6.70. The first-order valence-corrected chi connectivity index (χ1v) is 9.51. The average Bonchev–Trinajstić information content (AvgIpc) is 2.67. The molecule has 0 aliphatic heterocycles. The molecule has 0 bridgehead atoms. The van der Waals surface area contributed by atoms with Crippen molar-refractivity contribution in [2.45, 2.75) is 58.2 Å². The predicted molar refractivity (Wildman–Crippen MR) is 102 cm³/mol. The molecule has 0 aromatic heterocycles. The van der Waals surface area contributed by atoms with Crippen LogP contribution in [0.15, 0.2) is 48.5 Å². The van der Waals surface area contributed by atoms with Crippen molar-refractivity contribution in [1.29, 1.82) is 0 Å². The molecule has 3 heteroatoms. The van der Waals surface area contributed by atoms with E-state index in [9.17, 15) is 0 Å². The van der Waals surface area contributed by atoms with Crippen LogP contribution in [0.1, 0.15) is 50.2 Å². The Hall–Kier alpha value is -2.00. The summed E-state index contributed by atoms with van der Waals surface area (Å²) in [4.78, 5) is 0. The maximum absolute atomic E-state index is 5.98. The van der Waals surface area contributed by atoms with E-state index in [1.54, 1.807) is 0 Å². The van der Waals surface area contributed by atoms with Crippen molar-refractivity contribution in [3.8, 4) is 11.5 Å². The molecular weight excluding hydrogens is 310 g/mol. The summed E-state index contributed by atoms with van der Waals surface area (Å²) in [5.74, 6) is 1.65. The Morgan fingerprint density at radius 2 is 1.68 bits per heavy atom. The average molecular weight is 339 g/mol. The number of benzene rings is 2. The lowest BCUT2D eigenvalue weighted by atomic mass is 9.95. The molecule has 0 saturated heterocycles. The molecule has 1 N–H and O–H groups in total. The molecule has 25 heavy (non-hydrogen) atoms. The monoisotopic (exact) mass is 339 g/mol. The van der Waals surface area contributed by atoms with Gasteiger partial charge in [0.25, 0.3) is 0 Å². The van der Waals surface area contributed by atoms with Gasteiger partial charge >= 0.3 is 0 Å². The molecule has 3 rings (SSSR count). The molecule has 2 aromatic carbocycles. The van der Waals surface area contributed by atoms with Crippen LogP contribution in [0.3, 0.4) is 0 Å². The first-order valence-electron chi connectivity index (χ1n) is 9.51. The second-order valence-corrected chi connectivity index (χ2v) is 6.70. The number of nitrogens with one attached hydrogen (secondary N) is 1. The quantitative estimate of drug-likeness (QED) is 0.727. The van der Waals surface area contributed by atoms with Gasteiger partial charge in [-0.1, -0.05) is 55.7 Å². The van der Waals surface area contributed by atoms with Crippen LogP contribution in [-0.4, -0.2) is 12.6 Å². The summed E-state index contributed by atoms with van der Waals surface area (Å²) in [6.45, 7) is 4.10. The van der Waals surface area contributed by atoms with Gasteiger partial charge in [-0.15, -0.1) is 0 Å². The molecule has 0 radical (unpaired) electrons. The van der Waals surface area contributed by atoms with Crippen LogP contribution in [0.4, 0.5) is 0 Å². The van der Waals surface area contributed by atoms with Gasteiger partial charge in [0.05, 0.1) is 6.61 Å². The standard InChI is InChI=1S/C22H29NO2/c1-2-24-22-15-19(16-23-20-11-7-4-8-12-20)13-14-21(22)25-17-18-9-5-3-6-10-18/h3,5-6,9-10,13-15,20,23H,2,4,7-8,11-12,16-17H2,1H3. The van der Waals surface area contributed by atoms with Gasteiger partial charge in [-0.05, 0) is 43.0 Å². The lowest BCUT2D eigenvalue weighted by Crippen LogP contribution is -2.30. The fraction of sp³-hybridized carbons (Fsp3) is 0.455. The molecule has 3 nitrogen and oxygen atoms in total. The van der Waals surface area contributed by atoms with E-state index < -0.39 is 0 Å². The minimum atomic E-state index is 0.556. The van der Waals surface area contributed by atoms with Gasteiger partial charge in [-0.2, -0.15) is 0 Å². The molecule has 1 fully saturated rings. The van der Waals surface area contributed by atoms with Crippen molar-refractivity contribution >= 4 is 0 Å². The van der Waals surface area contributed by atoms with Crippen LogP contribution in [0.25, 0.3) is 0 Å². The van der Waals surface area contributed by atoms with Crippen molar-refractivity contribution < 1.29 is 9.47 Å². The van der Waals surface area contributed by atoms with E-state index in [0.29, 0.717) is 19.3 Å². The van der Waals surface area contributed by atoms with Gasteiger partial charge in [0.2, 0.25) is 0 Å². The first-order chi connectivity index (χ1) is 12.3. The molecular formula is C22H29NO2. The second kappa shape index (κ2) is 9.47. The van der Waals surface area contributed by atoms with Crippen LogP contribution in [0, 0.1) is 0 Å². The summed E-state index contributed by atoms with van der Waals surface area (Å²) >= 11 is 0. The highest BCUT2D eigenvalue weighted by molar-refractivity contribution is 5.43. The minimum absolute atomic E-state index is 0.556. The predicted octanol–water partition coefficient (Wildman–Crippen LogP) is 5.09. The lowest BCUT2D eigenvalue weighted by molar-refractivity contribution is 0.269. The van der Waals surface area contributed by atoms with E-state index in [1.807, 2.05) is 31.2 Å². The summed E-state index contributed by atoms with van der Waals surface area (Å²) in [5, 5.41) is 3.69. The molecule has 0 unspecified atom stereocenters. The molecule has 0 atom stereocenters. The SMILES string of the molecule is CCOc1cc(CNC2CCCCC2)ccc1OCc1ccccc1. The Kier molecular flexibility index (Phi) is 6.75.